The number of hydrogen-bond donors (Lipinski definition) is 2. The van der Waals surface area contributed by atoms with Crippen LogP contribution in [0.25, 0.3) is 0 Å². The molecular weight excluding hydrogens is 172 g/mol. The molecule has 0 aromatic rings. The van der Waals surface area contributed by atoms with Crippen LogP contribution in [0.2, 0.25) is 0 Å². The fourth-order valence-corrected chi connectivity index (χ4v) is 0.439. The number of allylic oxidation sites excluding steroid dienone is 1. The van der Waals surface area contributed by atoms with Crippen molar-refractivity contribution in [2.45, 2.75) is 32.6 Å². The smallest absolute Gasteiger partial charge is 0.303 e. The summed E-state index contributed by atoms with van der Waals surface area (Å²) in [5, 5.41) is 15.9. The first-order valence-electron chi connectivity index (χ1n) is 4.09. The molecule has 0 radical (unpaired) electrons. The van der Waals surface area contributed by atoms with E-state index in [-0.39, 0.29) is 6.42 Å². The van der Waals surface area contributed by atoms with Crippen molar-refractivity contribution in [1.29, 1.82) is 0 Å². The van der Waals surface area contributed by atoms with Gasteiger partial charge >= 0.3 is 11.9 Å². The molecule has 0 saturated heterocycles. The number of carboxylic acid groups (broad SMARTS) is 2. The standard InChI is InChI=1S/C5H8O2.C4H8O2/c1-2-3-4-5(6)7;1-2-3-4(5)6/h2H,1,3-4H2,(H,6,7);2-3H2,1H3,(H,5,6). The van der Waals surface area contributed by atoms with Crippen molar-refractivity contribution in [2.75, 3.05) is 0 Å². The molecular formula is C9H16O4. The molecule has 0 aliphatic heterocycles. The summed E-state index contributed by atoms with van der Waals surface area (Å²) in [6.07, 6.45) is 3.38. The van der Waals surface area contributed by atoms with Crippen LogP contribution < -0.4 is 0 Å². The van der Waals surface area contributed by atoms with Crippen molar-refractivity contribution in [3.63, 3.8) is 0 Å². The molecule has 0 aromatic carbocycles. The summed E-state index contributed by atoms with van der Waals surface area (Å²) in [4.78, 5) is 19.3. The summed E-state index contributed by atoms with van der Waals surface area (Å²) in [6, 6.07) is 0. The molecule has 76 valence electrons. The van der Waals surface area contributed by atoms with Crippen LogP contribution in [0.4, 0.5) is 0 Å². The van der Waals surface area contributed by atoms with Crippen molar-refractivity contribution < 1.29 is 19.8 Å². The molecule has 0 unspecified atom stereocenters. The molecule has 0 aromatic heterocycles. The highest BCUT2D eigenvalue weighted by molar-refractivity contribution is 5.66. The Hall–Kier alpha value is -1.32. The summed E-state index contributed by atoms with van der Waals surface area (Å²) in [5.74, 6) is -1.47. The van der Waals surface area contributed by atoms with Gasteiger partial charge in [0.2, 0.25) is 0 Å². The van der Waals surface area contributed by atoms with Crippen LogP contribution in [0, 0.1) is 0 Å². The molecule has 0 atom stereocenters. The van der Waals surface area contributed by atoms with Crippen LogP contribution in [-0.4, -0.2) is 22.2 Å². The lowest BCUT2D eigenvalue weighted by Gasteiger charge is -1.82. The molecule has 0 fully saturated rings. The second-order valence-corrected chi connectivity index (χ2v) is 2.36. The third-order valence-corrected chi connectivity index (χ3v) is 1.03. The Bertz CT molecular complexity index is 163. The van der Waals surface area contributed by atoms with Gasteiger partial charge in [-0.15, -0.1) is 6.58 Å². The predicted molar refractivity (Wildman–Crippen MR) is 49.6 cm³/mol. The minimum absolute atomic E-state index is 0.198. The van der Waals surface area contributed by atoms with E-state index >= 15 is 0 Å². The van der Waals surface area contributed by atoms with Crippen LogP contribution in [0.5, 0.6) is 0 Å². The van der Waals surface area contributed by atoms with Crippen molar-refractivity contribution >= 4 is 11.9 Å². The monoisotopic (exact) mass is 188 g/mol. The van der Waals surface area contributed by atoms with Gasteiger partial charge in [0.1, 0.15) is 0 Å². The number of aliphatic carboxylic acids is 2. The summed E-state index contributed by atoms with van der Waals surface area (Å²) < 4.78 is 0. The second kappa shape index (κ2) is 10.7. The number of carbonyl (C=O) groups is 2. The molecule has 0 amide bonds. The minimum atomic E-state index is -0.764. The van der Waals surface area contributed by atoms with Crippen LogP contribution >= 0.6 is 0 Å². The number of rotatable bonds is 5. The highest BCUT2D eigenvalue weighted by Gasteiger charge is 1.89. The highest BCUT2D eigenvalue weighted by Crippen LogP contribution is 1.86. The lowest BCUT2D eigenvalue weighted by Crippen LogP contribution is -1.90. The largest absolute Gasteiger partial charge is 0.481 e. The molecule has 0 rings (SSSR count). The van der Waals surface area contributed by atoms with E-state index in [1.807, 2.05) is 6.92 Å². The van der Waals surface area contributed by atoms with Gasteiger partial charge in [-0.05, 0) is 12.8 Å². The minimum Gasteiger partial charge on any atom is -0.481 e. The summed E-state index contributed by atoms with van der Waals surface area (Å²) in [5.41, 5.74) is 0. The second-order valence-electron chi connectivity index (χ2n) is 2.36. The first-order valence-corrected chi connectivity index (χ1v) is 4.09. The summed E-state index contributed by atoms with van der Waals surface area (Å²) in [6.45, 7) is 5.21. The van der Waals surface area contributed by atoms with E-state index < -0.39 is 11.9 Å². The summed E-state index contributed by atoms with van der Waals surface area (Å²) >= 11 is 0. The molecule has 0 heterocycles. The van der Waals surface area contributed by atoms with E-state index in [4.69, 9.17) is 10.2 Å². The Labute approximate surface area is 77.9 Å². The molecule has 4 heteroatoms. The van der Waals surface area contributed by atoms with Crippen LogP contribution in [-0.2, 0) is 9.59 Å². The third-order valence-electron chi connectivity index (χ3n) is 1.03. The maximum Gasteiger partial charge on any atom is 0.303 e. The zero-order valence-electron chi connectivity index (χ0n) is 7.82. The van der Waals surface area contributed by atoms with Gasteiger partial charge in [0, 0.05) is 12.8 Å². The fourth-order valence-electron chi connectivity index (χ4n) is 0.439. The quantitative estimate of drug-likeness (QED) is 0.646. The lowest BCUT2D eigenvalue weighted by molar-refractivity contribution is -0.138. The van der Waals surface area contributed by atoms with E-state index in [0.29, 0.717) is 12.8 Å². The van der Waals surface area contributed by atoms with Gasteiger partial charge in [-0.25, -0.2) is 0 Å². The normalized spacial score (nSPS) is 8.08. The lowest BCUT2D eigenvalue weighted by atomic mass is 10.3. The predicted octanol–water partition coefficient (Wildman–Crippen LogP) is 1.91. The van der Waals surface area contributed by atoms with Gasteiger partial charge in [-0.2, -0.15) is 0 Å². The van der Waals surface area contributed by atoms with E-state index in [2.05, 4.69) is 6.58 Å². The zero-order chi connectivity index (χ0) is 10.7. The molecule has 0 spiro atoms. The Balaban J connectivity index is 0. The first-order chi connectivity index (χ1) is 6.04. The average Bonchev–Trinajstić information content (AvgIpc) is 2.01. The van der Waals surface area contributed by atoms with Gasteiger partial charge in [0.05, 0.1) is 0 Å². The Morgan fingerprint density at radius 2 is 1.69 bits per heavy atom. The molecule has 2 N–H and O–H groups in total. The number of hydrogen-bond acceptors (Lipinski definition) is 2. The topological polar surface area (TPSA) is 74.6 Å². The molecule has 4 nitrogen and oxygen atoms in total. The third kappa shape index (κ3) is 24.9. The van der Waals surface area contributed by atoms with Gasteiger partial charge in [0.15, 0.2) is 0 Å². The number of carboxylic acids is 2. The van der Waals surface area contributed by atoms with Gasteiger partial charge in [0.25, 0.3) is 0 Å². The van der Waals surface area contributed by atoms with Gasteiger partial charge < -0.3 is 10.2 Å². The Morgan fingerprint density at radius 1 is 1.23 bits per heavy atom. The molecule has 0 bridgehead atoms. The van der Waals surface area contributed by atoms with Crippen molar-refractivity contribution in [3.05, 3.63) is 12.7 Å². The Kier molecular flexibility index (Phi) is 11.7. The van der Waals surface area contributed by atoms with Crippen LogP contribution in [0.15, 0.2) is 12.7 Å². The van der Waals surface area contributed by atoms with Crippen molar-refractivity contribution in [1.82, 2.24) is 0 Å². The van der Waals surface area contributed by atoms with Gasteiger partial charge in [-0.1, -0.05) is 13.0 Å². The highest BCUT2D eigenvalue weighted by atomic mass is 16.4. The maximum absolute atomic E-state index is 9.71. The van der Waals surface area contributed by atoms with Crippen LogP contribution in [0.3, 0.4) is 0 Å². The zero-order valence-corrected chi connectivity index (χ0v) is 7.82. The summed E-state index contributed by atoms with van der Waals surface area (Å²) in [7, 11) is 0. The van der Waals surface area contributed by atoms with E-state index in [1.54, 1.807) is 6.08 Å². The SMILES string of the molecule is C=CCCC(=O)O.CCCC(=O)O. The van der Waals surface area contributed by atoms with Crippen LogP contribution in [0.1, 0.15) is 32.6 Å². The fraction of sp³-hybridized carbons (Fsp3) is 0.556. The van der Waals surface area contributed by atoms with E-state index in [0.717, 1.165) is 6.42 Å². The van der Waals surface area contributed by atoms with E-state index in [9.17, 15) is 9.59 Å². The molecule has 0 saturated carbocycles. The van der Waals surface area contributed by atoms with Crippen molar-refractivity contribution in [3.8, 4) is 0 Å². The Morgan fingerprint density at radius 3 is 1.77 bits per heavy atom. The molecule has 13 heavy (non-hydrogen) atoms. The average molecular weight is 188 g/mol. The van der Waals surface area contributed by atoms with E-state index in [1.165, 1.54) is 0 Å². The molecule has 0 aliphatic rings. The molecule has 0 aliphatic carbocycles. The van der Waals surface area contributed by atoms with Gasteiger partial charge in [-0.3, -0.25) is 9.59 Å². The van der Waals surface area contributed by atoms with Crippen molar-refractivity contribution in [2.24, 2.45) is 0 Å². The maximum atomic E-state index is 9.71. The first kappa shape index (κ1) is 14.2.